The molecule has 1 fully saturated rings. The normalized spacial score (nSPS) is 20.8. The number of cyclic esters (lactones) is 1. The first-order valence-electron chi connectivity index (χ1n) is 6.07. The average Bonchev–Trinajstić information content (AvgIpc) is 2.64. The number of halogens is 3. The molecule has 0 aromatic heterocycles. The second-order valence-corrected chi connectivity index (χ2v) is 5.38. The summed E-state index contributed by atoms with van der Waals surface area (Å²) in [6.07, 6.45) is -5.64. The number of carbonyl (C=O) groups excluding carboxylic acids is 1. The second-order valence-electron chi connectivity index (χ2n) is 5.38. The van der Waals surface area contributed by atoms with Gasteiger partial charge < -0.3 is 9.47 Å². The number of rotatable bonds is 2. The summed E-state index contributed by atoms with van der Waals surface area (Å²) in [7, 11) is 0. The molecule has 0 aliphatic carbocycles. The minimum absolute atomic E-state index is 0.119. The van der Waals surface area contributed by atoms with Crippen molar-refractivity contribution in [3.63, 3.8) is 0 Å². The Morgan fingerprint density at radius 3 is 2.57 bits per heavy atom. The molecule has 112 valence electrons. The monoisotopic (exact) mass is 299 g/mol. The van der Waals surface area contributed by atoms with E-state index in [1.165, 1.54) is 6.07 Å². The van der Waals surface area contributed by atoms with Gasteiger partial charge in [0, 0.05) is 5.41 Å². The van der Waals surface area contributed by atoms with Crippen LogP contribution < -0.4 is 4.74 Å². The van der Waals surface area contributed by atoms with Gasteiger partial charge in [0.1, 0.15) is 12.4 Å². The molecule has 2 rings (SSSR count). The third kappa shape index (κ3) is 2.94. The van der Waals surface area contributed by atoms with Crippen LogP contribution in [-0.2, 0) is 15.7 Å². The maximum atomic E-state index is 12.9. The molecule has 1 aromatic carbocycles. The molecule has 0 amide bonds. The molecule has 1 atom stereocenters. The first-order valence-corrected chi connectivity index (χ1v) is 6.07. The summed E-state index contributed by atoms with van der Waals surface area (Å²) in [5.41, 5.74) is -2.23. The molecule has 21 heavy (non-hydrogen) atoms. The van der Waals surface area contributed by atoms with Gasteiger partial charge in [-0.25, -0.2) is 9.64 Å². The average molecular weight is 299 g/mol. The van der Waals surface area contributed by atoms with Crippen molar-refractivity contribution in [2.45, 2.75) is 26.1 Å². The van der Waals surface area contributed by atoms with Crippen molar-refractivity contribution >= 4 is 11.7 Å². The lowest BCUT2D eigenvalue weighted by Crippen LogP contribution is -2.35. The highest BCUT2D eigenvalue weighted by Crippen LogP contribution is 2.40. The first kappa shape index (κ1) is 15.2. The van der Waals surface area contributed by atoms with Crippen molar-refractivity contribution < 1.29 is 27.4 Å². The summed E-state index contributed by atoms with van der Waals surface area (Å²) in [5, 5.41) is 0. The van der Waals surface area contributed by atoms with Gasteiger partial charge in [0.2, 0.25) is 6.10 Å². The van der Waals surface area contributed by atoms with Crippen LogP contribution in [0.15, 0.2) is 18.2 Å². The van der Waals surface area contributed by atoms with Crippen LogP contribution in [0.4, 0.5) is 18.9 Å². The summed E-state index contributed by atoms with van der Waals surface area (Å²) >= 11 is 0. The number of carbonyl (C=O) groups is 1. The van der Waals surface area contributed by atoms with Gasteiger partial charge in [-0.1, -0.05) is 19.9 Å². The number of alkyl halides is 3. The Balaban J connectivity index is 2.34. The highest BCUT2D eigenvalue weighted by molar-refractivity contribution is 5.78. The Hall–Kier alpha value is -2.23. The van der Waals surface area contributed by atoms with Crippen LogP contribution in [0.3, 0.4) is 0 Å². The standard InChI is InChI=1S/C14H12F3NO3/c1-13(2)7-20-12(19)11(13)21-8-4-5-10(18-3)9(6-8)14(15,16)17/h4-6,11H,7H2,1-2H3. The Bertz CT molecular complexity index is 617. The van der Waals surface area contributed by atoms with Crippen molar-refractivity contribution in [1.29, 1.82) is 0 Å². The van der Waals surface area contributed by atoms with Crippen molar-refractivity contribution in [1.82, 2.24) is 0 Å². The zero-order valence-electron chi connectivity index (χ0n) is 11.3. The largest absolute Gasteiger partial charge is 0.478 e. The van der Waals surface area contributed by atoms with E-state index in [4.69, 9.17) is 16.0 Å². The fourth-order valence-electron chi connectivity index (χ4n) is 1.98. The zero-order chi connectivity index (χ0) is 15.8. The van der Waals surface area contributed by atoms with Gasteiger partial charge in [-0.3, -0.25) is 0 Å². The lowest BCUT2D eigenvalue weighted by Gasteiger charge is -2.23. The molecular formula is C14H12F3NO3. The second kappa shape index (κ2) is 4.95. The van der Waals surface area contributed by atoms with E-state index in [0.29, 0.717) is 0 Å². The Morgan fingerprint density at radius 1 is 1.43 bits per heavy atom. The van der Waals surface area contributed by atoms with Crippen LogP contribution in [-0.4, -0.2) is 18.7 Å². The molecule has 1 aliphatic heterocycles. The molecule has 1 aromatic rings. The van der Waals surface area contributed by atoms with Crippen molar-refractivity contribution in [2.24, 2.45) is 5.41 Å². The lowest BCUT2D eigenvalue weighted by atomic mass is 9.90. The van der Waals surface area contributed by atoms with Crippen molar-refractivity contribution in [3.05, 3.63) is 35.2 Å². The molecule has 4 nitrogen and oxygen atoms in total. The van der Waals surface area contributed by atoms with Crippen molar-refractivity contribution in [3.8, 4) is 5.75 Å². The van der Waals surface area contributed by atoms with E-state index >= 15 is 0 Å². The molecule has 1 heterocycles. The number of nitrogens with zero attached hydrogens (tertiary/aromatic N) is 1. The minimum atomic E-state index is -4.66. The van der Waals surface area contributed by atoms with E-state index < -0.39 is 34.9 Å². The predicted octanol–water partition coefficient (Wildman–Crippen LogP) is 3.59. The fraction of sp³-hybridized carbons (Fsp3) is 0.429. The molecule has 0 bridgehead atoms. The zero-order valence-corrected chi connectivity index (χ0v) is 11.3. The van der Waals surface area contributed by atoms with Crippen LogP contribution in [0.5, 0.6) is 5.75 Å². The van der Waals surface area contributed by atoms with Gasteiger partial charge in [0.05, 0.1) is 12.1 Å². The highest BCUT2D eigenvalue weighted by Gasteiger charge is 2.46. The predicted molar refractivity (Wildman–Crippen MR) is 66.9 cm³/mol. The van der Waals surface area contributed by atoms with Crippen LogP contribution >= 0.6 is 0 Å². The minimum Gasteiger partial charge on any atom is -0.478 e. The molecule has 0 radical (unpaired) electrons. The maximum Gasteiger partial charge on any atom is 0.407 e. The van der Waals surface area contributed by atoms with E-state index in [1.807, 2.05) is 0 Å². The topological polar surface area (TPSA) is 39.9 Å². The van der Waals surface area contributed by atoms with E-state index in [2.05, 4.69) is 4.85 Å². The molecule has 0 spiro atoms. The Morgan fingerprint density at radius 2 is 2.10 bits per heavy atom. The van der Waals surface area contributed by atoms with Gasteiger partial charge in [-0.05, 0) is 12.1 Å². The van der Waals surface area contributed by atoms with Crippen LogP contribution in [0.1, 0.15) is 19.4 Å². The molecular weight excluding hydrogens is 287 g/mol. The summed E-state index contributed by atoms with van der Waals surface area (Å²) in [5.74, 6) is -0.727. The summed E-state index contributed by atoms with van der Waals surface area (Å²) in [6.45, 7) is 10.4. The van der Waals surface area contributed by atoms with Gasteiger partial charge >= 0.3 is 12.1 Å². The van der Waals surface area contributed by atoms with E-state index in [9.17, 15) is 18.0 Å². The fourth-order valence-corrected chi connectivity index (χ4v) is 1.98. The first-order chi connectivity index (χ1) is 9.65. The lowest BCUT2D eigenvalue weighted by molar-refractivity contribution is -0.143. The summed E-state index contributed by atoms with van der Waals surface area (Å²) in [6, 6.07) is 3.00. The smallest absolute Gasteiger partial charge is 0.407 e. The number of hydrogen-bond donors (Lipinski definition) is 0. The Labute approximate surface area is 119 Å². The number of ether oxygens (including phenoxy) is 2. The molecule has 1 aliphatic rings. The molecule has 1 unspecified atom stereocenters. The third-order valence-corrected chi connectivity index (χ3v) is 3.16. The number of hydrogen-bond acceptors (Lipinski definition) is 3. The van der Waals surface area contributed by atoms with Crippen LogP contribution in [0.25, 0.3) is 4.85 Å². The Kier molecular flexibility index (Phi) is 3.58. The van der Waals surface area contributed by atoms with Gasteiger partial charge in [0.25, 0.3) is 0 Å². The summed E-state index contributed by atoms with van der Waals surface area (Å²) < 4.78 is 48.8. The van der Waals surface area contributed by atoms with E-state index in [1.54, 1.807) is 13.8 Å². The molecule has 0 saturated carbocycles. The quantitative estimate of drug-likeness (QED) is 0.619. The maximum absolute atomic E-state index is 12.9. The van der Waals surface area contributed by atoms with Crippen molar-refractivity contribution in [2.75, 3.05) is 6.61 Å². The van der Waals surface area contributed by atoms with Crippen LogP contribution in [0, 0.1) is 12.0 Å². The molecule has 7 heteroatoms. The molecule has 0 N–H and O–H groups in total. The van der Waals surface area contributed by atoms with Gasteiger partial charge in [-0.15, -0.1) is 0 Å². The number of esters is 1. The van der Waals surface area contributed by atoms with E-state index in [-0.39, 0.29) is 12.4 Å². The SMILES string of the molecule is [C-]#[N+]c1ccc(OC2C(=O)OCC2(C)C)cc1C(F)(F)F. The van der Waals surface area contributed by atoms with Gasteiger partial charge in [0.15, 0.2) is 5.69 Å². The van der Waals surface area contributed by atoms with E-state index in [0.717, 1.165) is 12.1 Å². The highest BCUT2D eigenvalue weighted by atomic mass is 19.4. The molecule has 1 saturated heterocycles. The number of benzene rings is 1. The third-order valence-electron chi connectivity index (χ3n) is 3.16. The summed E-state index contributed by atoms with van der Waals surface area (Å²) in [4.78, 5) is 14.4. The van der Waals surface area contributed by atoms with Crippen LogP contribution in [0.2, 0.25) is 0 Å². The van der Waals surface area contributed by atoms with Gasteiger partial charge in [-0.2, -0.15) is 13.2 Å².